The van der Waals surface area contributed by atoms with Crippen LogP contribution in [-0.2, 0) is 9.53 Å². The largest absolute Gasteiger partial charge is 0.497 e. The molecule has 174 valence electrons. The van der Waals surface area contributed by atoms with Crippen molar-refractivity contribution in [2.24, 2.45) is 0 Å². The molecule has 0 spiro atoms. The molecule has 1 aliphatic heterocycles. The van der Waals surface area contributed by atoms with E-state index in [1.165, 1.54) is 0 Å². The smallest absolute Gasteiger partial charge is 0.262 e. The Morgan fingerprint density at radius 1 is 1.12 bits per heavy atom. The van der Waals surface area contributed by atoms with Gasteiger partial charge >= 0.3 is 0 Å². The summed E-state index contributed by atoms with van der Waals surface area (Å²) in [5.74, 6) is 1.53. The number of benzene rings is 2. The lowest BCUT2D eigenvalue weighted by molar-refractivity contribution is -0.118. The zero-order valence-electron chi connectivity index (χ0n) is 18.6. The van der Waals surface area contributed by atoms with Gasteiger partial charge in [0.2, 0.25) is 0 Å². The summed E-state index contributed by atoms with van der Waals surface area (Å²) in [7, 11) is 1.58. The zero-order valence-corrected chi connectivity index (χ0v) is 18.6. The second kappa shape index (κ2) is 11.3. The maximum Gasteiger partial charge on any atom is 0.262 e. The Hall–Kier alpha value is -3.56. The van der Waals surface area contributed by atoms with E-state index in [4.69, 9.17) is 18.9 Å². The highest BCUT2D eigenvalue weighted by Gasteiger charge is 2.14. The first-order chi connectivity index (χ1) is 16.2. The molecule has 9 nitrogen and oxygen atoms in total. The third-order valence-electron chi connectivity index (χ3n) is 5.27. The van der Waals surface area contributed by atoms with Crippen molar-refractivity contribution < 1.29 is 23.7 Å². The van der Waals surface area contributed by atoms with Crippen LogP contribution in [0.5, 0.6) is 17.2 Å². The molecule has 4 rings (SSSR count). The zero-order chi connectivity index (χ0) is 22.9. The lowest BCUT2D eigenvalue weighted by Gasteiger charge is -2.26. The summed E-state index contributed by atoms with van der Waals surface area (Å²) in [6, 6.07) is 12.8. The molecular weight excluding hydrogens is 424 g/mol. The lowest BCUT2D eigenvalue weighted by Crippen LogP contribution is -2.38. The van der Waals surface area contributed by atoms with Crippen LogP contribution in [0.4, 0.5) is 5.69 Å². The first-order valence-corrected chi connectivity index (χ1v) is 10.8. The van der Waals surface area contributed by atoms with Crippen LogP contribution in [0.2, 0.25) is 0 Å². The first-order valence-electron chi connectivity index (χ1n) is 10.8. The fourth-order valence-electron chi connectivity index (χ4n) is 3.47. The van der Waals surface area contributed by atoms with Gasteiger partial charge in [-0.2, -0.15) is 5.10 Å². The average molecular weight is 453 g/mol. The van der Waals surface area contributed by atoms with Gasteiger partial charge in [0.1, 0.15) is 23.9 Å². The second-order valence-corrected chi connectivity index (χ2v) is 7.52. The molecule has 2 heterocycles. The van der Waals surface area contributed by atoms with E-state index in [2.05, 4.69) is 20.4 Å². The Bertz CT molecular complexity index is 1040. The Morgan fingerprint density at radius 2 is 1.97 bits per heavy atom. The number of aromatic amines is 1. The number of anilines is 1. The number of carbonyl (C=O) groups is 1. The van der Waals surface area contributed by atoms with Gasteiger partial charge in [-0.3, -0.25) is 14.8 Å². The van der Waals surface area contributed by atoms with Gasteiger partial charge in [-0.1, -0.05) is 12.1 Å². The van der Waals surface area contributed by atoms with Gasteiger partial charge in [0.05, 0.1) is 32.2 Å². The summed E-state index contributed by atoms with van der Waals surface area (Å²) in [4.78, 5) is 14.9. The van der Waals surface area contributed by atoms with E-state index in [-0.39, 0.29) is 12.5 Å². The molecule has 2 aromatic carbocycles. The molecule has 1 saturated heterocycles. The van der Waals surface area contributed by atoms with Gasteiger partial charge in [-0.05, 0) is 29.8 Å². The van der Waals surface area contributed by atoms with Gasteiger partial charge in [0.25, 0.3) is 5.91 Å². The summed E-state index contributed by atoms with van der Waals surface area (Å²) in [6.45, 7) is 4.41. The van der Waals surface area contributed by atoms with Crippen LogP contribution in [0.3, 0.4) is 0 Å². The number of hydrogen-bond donors (Lipinski definition) is 2. The van der Waals surface area contributed by atoms with Crippen LogP contribution in [0.1, 0.15) is 0 Å². The van der Waals surface area contributed by atoms with Gasteiger partial charge in [0, 0.05) is 37.5 Å². The van der Waals surface area contributed by atoms with Crippen molar-refractivity contribution >= 4 is 11.6 Å². The topological polar surface area (TPSA) is 97.9 Å². The summed E-state index contributed by atoms with van der Waals surface area (Å²) < 4.78 is 22.3. The molecule has 0 bridgehead atoms. The standard InChI is InChI=1S/C24H28N4O5/c1-30-20-3-2-4-21(14-20)33-17-24(29)27-22-6-5-18(19-15-25-26-16-19)13-23(22)32-12-9-28-7-10-31-11-8-28/h2-6,13-16H,7-12,17H2,1H3,(H,25,26)(H,27,29). The van der Waals surface area contributed by atoms with E-state index in [1.54, 1.807) is 31.5 Å². The minimum Gasteiger partial charge on any atom is -0.497 e. The Kier molecular flexibility index (Phi) is 7.78. The van der Waals surface area contributed by atoms with Crippen LogP contribution >= 0.6 is 0 Å². The predicted molar refractivity (Wildman–Crippen MR) is 124 cm³/mol. The number of aromatic nitrogens is 2. The number of hydrogen-bond acceptors (Lipinski definition) is 7. The first kappa shape index (κ1) is 22.6. The van der Waals surface area contributed by atoms with Gasteiger partial charge in [0.15, 0.2) is 6.61 Å². The molecule has 9 heteroatoms. The predicted octanol–water partition coefficient (Wildman–Crippen LogP) is 2.81. The van der Waals surface area contributed by atoms with E-state index < -0.39 is 0 Å². The highest BCUT2D eigenvalue weighted by Crippen LogP contribution is 2.31. The normalized spacial score (nSPS) is 14.0. The third-order valence-corrected chi connectivity index (χ3v) is 5.27. The van der Waals surface area contributed by atoms with Crippen LogP contribution in [0, 0.1) is 0 Å². The molecule has 1 aromatic heterocycles. The number of nitrogens with zero attached hydrogens (tertiary/aromatic N) is 2. The SMILES string of the molecule is COc1cccc(OCC(=O)Nc2ccc(-c3cn[nH]c3)cc2OCCN2CCOCC2)c1. The van der Waals surface area contributed by atoms with E-state index >= 15 is 0 Å². The van der Waals surface area contributed by atoms with Crippen LogP contribution in [0.15, 0.2) is 54.9 Å². The molecule has 1 fully saturated rings. The van der Waals surface area contributed by atoms with Crippen LogP contribution < -0.4 is 19.5 Å². The molecule has 1 amide bonds. The highest BCUT2D eigenvalue weighted by atomic mass is 16.5. The molecular formula is C24H28N4O5. The number of ether oxygens (including phenoxy) is 4. The van der Waals surface area contributed by atoms with E-state index in [0.717, 1.165) is 44.0 Å². The molecule has 0 unspecified atom stereocenters. The molecule has 1 aliphatic rings. The fraction of sp³-hybridized carbons (Fsp3) is 0.333. The summed E-state index contributed by atoms with van der Waals surface area (Å²) in [5.41, 5.74) is 2.46. The summed E-state index contributed by atoms with van der Waals surface area (Å²) >= 11 is 0. The van der Waals surface area contributed by atoms with E-state index in [1.807, 2.05) is 30.5 Å². The van der Waals surface area contributed by atoms with Crippen LogP contribution in [-0.4, -0.2) is 74.2 Å². The van der Waals surface area contributed by atoms with Crippen molar-refractivity contribution in [1.29, 1.82) is 0 Å². The van der Waals surface area contributed by atoms with E-state index in [0.29, 0.717) is 29.5 Å². The van der Waals surface area contributed by atoms with Crippen molar-refractivity contribution in [1.82, 2.24) is 15.1 Å². The van der Waals surface area contributed by atoms with Crippen LogP contribution in [0.25, 0.3) is 11.1 Å². The molecule has 0 aliphatic carbocycles. The van der Waals surface area contributed by atoms with Gasteiger partial charge in [-0.15, -0.1) is 0 Å². The maximum absolute atomic E-state index is 12.6. The highest BCUT2D eigenvalue weighted by molar-refractivity contribution is 5.93. The fourth-order valence-corrected chi connectivity index (χ4v) is 3.47. The van der Waals surface area contributed by atoms with Crippen molar-refractivity contribution in [2.45, 2.75) is 0 Å². The minimum absolute atomic E-state index is 0.135. The quantitative estimate of drug-likeness (QED) is 0.488. The summed E-state index contributed by atoms with van der Waals surface area (Å²) in [6.07, 6.45) is 3.56. The lowest BCUT2D eigenvalue weighted by atomic mass is 10.1. The van der Waals surface area contributed by atoms with Crippen molar-refractivity contribution in [3.05, 3.63) is 54.9 Å². The van der Waals surface area contributed by atoms with Gasteiger partial charge < -0.3 is 24.3 Å². The second-order valence-electron chi connectivity index (χ2n) is 7.52. The Balaban J connectivity index is 1.40. The Labute approximate surface area is 192 Å². The summed E-state index contributed by atoms with van der Waals surface area (Å²) in [5, 5.41) is 9.72. The third kappa shape index (κ3) is 6.47. The maximum atomic E-state index is 12.6. The molecule has 0 saturated carbocycles. The number of nitrogens with one attached hydrogen (secondary N) is 2. The average Bonchev–Trinajstić information content (AvgIpc) is 3.40. The monoisotopic (exact) mass is 452 g/mol. The Morgan fingerprint density at radius 3 is 2.76 bits per heavy atom. The van der Waals surface area contributed by atoms with E-state index in [9.17, 15) is 4.79 Å². The molecule has 0 atom stereocenters. The van der Waals surface area contributed by atoms with Crippen molar-refractivity contribution in [3.63, 3.8) is 0 Å². The molecule has 33 heavy (non-hydrogen) atoms. The number of H-pyrrole nitrogens is 1. The van der Waals surface area contributed by atoms with Crippen molar-refractivity contribution in [2.75, 3.05) is 58.5 Å². The number of morpholine rings is 1. The molecule has 0 radical (unpaired) electrons. The minimum atomic E-state index is -0.285. The molecule has 2 N–H and O–H groups in total. The van der Waals surface area contributed by atoms with Crippen molar-refractivity contribution in [3.8, 4) is 28.4 Å². The number of amides is 1. The number of rotatable bonds is 10. The van der Waals surface area contributed by atoms with Gasteiger partial charge in [-0.25, -0.2) is 0 Å². The number of methoxy groups -OCH3 is 1. The number of carbonyl (C=O) groups excluding carboxylic acids is 1. The molecule has 3 aromatic rings.